The summed E-state index contributed by atoms with van der Waals surface area (Å²) in [4.78, 5) is 11.2. The van der Waals surface area contributed by atoms with Crippen LogP contribution in [0.3, 0.4) is 0 Å². The van der Waals surface area contributed by atoms with Gasteiger partial charge in [0.25, 0.3) is 0 Å². The Morgan fingerprint density at radius 3 is 2.53 bits per heavy atom. The van der Waals surface area contributed by atoms with Gasteiger partial charge in [0, 0.05) is 13.0 Å². The van der Waals surface area contributed by atoms with Crippen molar-refractivity contribution in [1.82, 2.24) is 5.32 Å². The number of nitrogens with one attached hydrogen (secondary N) is 1. The lowest BCUT2D eigenvalue weighted by atomic mass is 10.1. The number of nitrogens with two attached hydrogens (primary N) is 1. The highest BCUT2D eigenvalue weighted by atomic mass is 35.5. The van der Waals surface area contributed by atoms with Crippen molar-refractivity contribution < 1.29 is 9.18 Å². The molecule has 0 bridgehead atoms. The highest BCUT2D eigenvalue weighted by Gasteiger charge is 1.99. The number of carbonyl (C=O) groups is 1. The van der Waals surface area contributed by atoms with E-state index in [9.17, 15) is 9.18 Å². The Kier molecular flexibility index (Phi) is 8.36. The highest BCUT2D eigenvalue weighted by molar-refractivity contribution is 5.85. The first-order valence-corrected chi connectivity index (χ1v) is 5.43. The topological polar surface area (TPSA) is 55.1 Å². The summed E-state index contributed by atoms with van der Waals surface area (Å²) in [7, 11) is 0. The van der Waals surface area contributed by atoms with Crippen LogP contribution in [0.15, 0.2) is 24.3 Å². The third-order valence-electron chi connectivity index (χ3n) is 2.26. The van der Waals surface area contributed by atoms with E-state index >= 15 is 0 Å². The van der Waals surface area contributed by atoms with Crippen LogP contribution in [0, 0.1) is 5.82 Å². The molecule has 0 aliphatic carbocycles. The van der Waals surface area contributed by atoms with Gasteiger partial charge in [0.05, 0.1) is 0 Å². The van der Waals surface area contributed by atoms with Crippen molar-refractivity contribution in [3.63, 3.8) is 0 Å². The quantitative estimate of drug-likeness (QED) is 0.817. The fraction of sp³-hybridized carbons (Fsp3) is 0.417. The summed E-state index contributed by atoms with van der Waals surface area (Å²) >= 11 is 0. The van der Waals surface area contributed by atoms with Crippen LogP contribution in [-0.4, -0.2) is 19.0 Å². The monoisotopic (exact) mass is 260 g/mol. The van der Waals surface area contributed by atoms with Crippen LogP contribution < -0.4 is 11.1 Å². The molecule has 96 valence electrons. The van der Waals surface area contributed by atoms with E-state index in [1.54, 1.807) is 12.1 Å². The summed E-state index contributed by atoms with van der Waals surface area (Å²) in [6.45, 7) is 1.11. The molecule has 5 heteroatoms. The van der Waals surface area contributed by atoms with Crippen LogP contribution in [0.2, 0.25) is 0 Å². The number of amides is 1. The summed E-state index contributed by atoms with van der Waals surface area (Å²) in [6.07, 6.45) is 1.90. The molecule has 0 saturated heterocycles. The number of hydrogen-bond donors (Lipinski definition) is 2. The van der Waals surface area contributed by atoms with Gasteiger partial charge in [-0.15, -0.1) is 12.4 Å². The van der Waals surface area contributed by atoms with Crippen molar-refractivity contribution in [2.75, 3.05) is 13.1 Å². The minimum atomic E-state index is -0.240. The SMILES string of the molecule is Cl.NCCCC(=O)NCCc1ccc(F)cc1. The second-order valence-corrected chi connectivity index (χ2v) is 3.62. The molecule has 1 amide bonds. The van der Waals surface area contributed by atoms with E-state index in [-0.39, 0.29) is 24.1 Å². The van der Waals surface area contributed by atoms with Crippen molar-refractivity contribution in [2.24, 2.45) is 5.73 Å². The predicted octanol–water partition coefficient (Wildman–Crippen LogP) is 1.65. The molecule has 0 radical (unpaired) electrons. The third-order valence-corrected chi connectivity index (χ3v) is 2.26. The van der Waals surface area contributed by atoms with Crippen LogP contribution in [0.5, 0.6) is 0 Å². The van der Waals surface area contributed by atoms with Crippen molar-refractivity contribution in [1.29, 1.82) is 0 Å². The second kappa shape index (κ2) is 8.96. The average molecular weight is 261 g/mol. The Morgan fingerprint density at radius 1 is 1.29 bits per heavy atom. The number of rotatable bonds is 6. The average Bonchev–Trinajstić information content (AvgIpc) is 2.29. The first-order valence-electron chi connectivity index (χ1n) is 5.43. The Labute approximate surface area is 107 Å². The van der Waals surface area contributed by atoms with Crippen molar-refractivity contribution in [2.45, 2.75) is 19.3 Å². The lowest BCUT2D eigenvalue weighted by Crippen LogP contribution is -2.25. The number of carbonyl (C=O) groups excluding carboxylic acids is 1. The molecular weight excluding hydrogens is 243 g/mol. The van der Waals surface area contributed by atoms with Gasteiger partial charge in [0.15, 0.2) is 0 Å². The summed E-state index contributed by atoms with van der Waals surface area (Å²) in [5, 5.41) is 2.79. The van der Waals surface area contributed by atoms with E-state index in [1.807, 2.05) is 0 Å². The molecule has 1 aromatic carbocycles. The lowest BCUT2D eigenvalue weighted by Gasteiger charge is -2.04. The Bertz CT molecular complexity index is 330. The van der Waals surface area contributed by atoms with Gasteiger partial charge in [-0.25, -0.2) is 4.39 Å². The minimum absolute atomic E-state index is 0. The zero-order valence-electron chi connectivity index (χ0n) is 9.62. The van der Waals surface area contributed by atoms with Crippen molar-refractivity contribution in [3.8, 4) is 0 Å². The van der Waals surface area contributed by atoms with E-state index < -0.39 is 0 Å². The van der Waals surface area contributed by atoms with Crippen LogP contribution in [-0.2, 0) is 11.2 Å². The largest absolute Gasteiger partial charge is 0.356 e. The van der Waals surface area contributed by atoms with Gasteiger partial charge in [0.2, 0.25) is 5.91 Å². The Hall–Kier alpha value is -1.13. The molecule has 0 heterocycles. The fourth-order valence-corrected chi connectivity index (χ4v) is 1.35. The maximum absolute atomic E-state index is 12.6. The molecule has 0 unspecified atom stereocenters. The van der Waals surface area contributed by atoms with E-state index in [0.717, 1.165) is 5.56 Å². The molecule has 3 nitrogen and oxygen atoms in total. The van der Waals surface area contributed by atoms with Gasteiger partial charge in [-0.3, -0.25) is 4.79 Å². The second-order valence-electron chi connectivity index (χ2n) is 3.62. The molecule has 0 saturated carbocycles. The number of hydrogen-bond acceptors (Lipinski definition) is 2. The molecule has 17 heavy (non-hydrogen) atoms. The van der Waals surface area contributed by atoms with Crippen LogP contribution in [0.25, 0.3) is 0 Å². The maximum atomic E-state index is 12.6. The van der Waals surface area contributed by atoms with Crippen LogP contribution >= 0.6 is 12.4 Å². The summed E-state index contributed by atoms with van der Waals surface area (Å²) < 4.78 is 12.6. The molecule has 0 fully saturated rings. The normalized spacial score (nSPS) is 9.53. The molecular formula is C12H18ClFN2O. The zero-order chi connectivity index (χ0) is 11.8. The molecule has 0 spiro atoms. The fourth-order valence-electron chi connectivity index (χ4n) is 1.35. The van der Waals surface area contributed by atoms with E-state index in [4.69, 9.17) is 5.73 Å². The molecule has 0 aromatic heterocycles. The smallest absolute Gasteiger partial charge is 0.220 e. The van der Waals surface area contributed by atoms with Gasteiger partial charge < -0.3 is 11.1 Å². The molecule has 0 atom stereocenters. The van der Waals surface area contributed by atoms with Gasteiger partial charge in [-0.1, -0.05) is 12.1 Å². The van der Waals surface area contributed by atoms with E-state index in [1.165, 1.54) is 12.1 Å². The third kappa shape index (κ3) is 6.92. The molecule has 1 aromatic rings. The van der Waals surface area contributed by atoms with Gasteiger partial charge >= 0.3 is 0 Å². The van der Waals surface area contributed by atoms with Crippen LogP contribution in [0.4, 0.5) is 4.39 Å². The van der Waals surface area contributed by atoms with Gasteiger partial charge in [0.1, 0.15) is 5.82 Å². The van der Waals surface area contributed by atoms with Gasteiger partial charge in [-0.05, 0) is 37.1 Å². The first-order chi connectivity index (χ1) is 7.72. The summed E-state index contributed by atoms with van der Waals surface area (Å²) in [5.74, 6) is -0.219. The van der Waals surface area contributed by atoms with Gasteiger partial charge in [-0.2, -0.15) is 0 Å². The molecule has 0 aliphatic heterocycles. The molecule has 0 aliphatic rings. The Morgan fingerprint density at radius 2 is 1.94 bits per heavy atom. The van der Waals surface area contributed by atoms with Crippen LogP contribution in [0.1, 0.15) is 18.4 Å². The van der Waals surface area contributed by atoms with Crippen molar-refractivity contribution >= 4 is 18.3 Å². The van der Waals surface area contributed by atoms with E-state index in [0.29, 0.717) is 32.4 Å². The zero-order valence-corrected chi connectivity index (χ0v) is 10.4. The lowest BCUT2D eigenvalue weighted by molar-refractivity contribution is -0.121. The number of halogens is 2. The molecule has 3 N–H and O–H groups in total. The molecule has 1 rings (SSSR count). The first kappa shape index (κ1) is 15.9. The standard InChI is InChI=1S/C12H17FN2O.ClH/c13-11-5-3-10(4-6-11)7-9-15-12(16)2-1-8-14;/h3-6H,1-2,7-9,14H2,(H,15,16);1H. The number of benzene rings is 1. The van der Waals surface area contributed by atoms with E-state index in [2.05, 4.69) is 5.32 Å². The summed E-state index contributed by atoms with van der Waals surface area (Å²) in [5.41, 5.74) is 6.31. The maximum Gasteiger partial charge on any atom is 0.220 e. The predicted molar refractivity (Wildman–Crippen MR) is 68.7 cm³/mol. The highest BCUT2D eigenvalue weighted by Crippen LogP contribution is 2.02. The van der Waals surface area contributed by atoms with Crippen molar-refractivity contribution in [3.05, 3.63) is 35.6 Å². The summed E-state index contributed by atoms with van der Waals surface area (Å²) in [6, 6.07) is 6.29. The Balaban J connectivity index is 0.00000256. The minimum Gasteiger partial charge on any atom is -0.356 e.